The summed E-state index contributed by atoms with van der Waals surface area (Å²) < 4.78 is 0.976. The summed E-state index contributed by atoms with van der Waals surface area (Å²) in [4.78, 5) is 23.0. The Bertz CT molecular complexity index is 471. The van der Waals surface area contributed by atoms with Crippen LogP contribution in [0.2, 0.25) is 10.0 Å². The van der Waals surface area contributed by atoms with E-state index in [4.69, 9.17) is 23.2 Å². The summed E-state index contributed by atoms with van der Waals surface area (Å²) in [6, 6.07) is 0. The minimum absolute atomic E-state index is 0.0792. The van der Waals surface area contributed by atoms with Crippen LogP contribution >= 0.6 is 23.2 Å². The summed E-state index contributed by atoms with van der Waals surface area (Å²) in [5.41, 5.74) is -0.570. The van der Waals surface area contributed by atoms with Crippen LogP contribution in [-0.2, 0) is 11.3 Å². The number of nitrogens with zero attached hydrogens (tertiary/aromatic N) is 2. The minimum Gasteiger partial charge on any atom is -0.354 e. The average Bonchev–Trinajstić information content (AvgIpc) is 2.27. The van der Waals surface area contributed by atoms with Gasteiger partial charge in [-0.05, 0) is 5.92 Å². The molecule has 1 heterocycles. The molecule has 0 aliphatic rings. The standard InChI is InChI=1S/C10H13Cl2N3O2/c1-6(2)3-13-8(16)5-15-10(17)9(12)7(11)4-14-15/h4,6H,3,5H2,1-2H3,(H,13,16). The first-order chi connectivity index (χ1) is 7.91. The van der Waals surface area contributed by atoms with Gasteiger partial charge in [0.05, 0.1) is 11.2 Å². The summed E-state index contributed by atoms with van der Waals surface area (Å²) in [5.74, 6) is 0.0594. The van der Waals surface area contributed by atoms with Crippen molar-refractivity contribution < 1.29 is 4.79 Å². The maximum absolute atomic E-state index is 11.6. The lowest BCUT2D eigenvalue weighted by Gasteiger charge is -2.08. The molecule has 1 aromatic heterocycles. The van der Waals surface area contributed by atoms with E-state index in [1.165, 1.54) is 6.20 Å². The van der Waals surface area contributed by atoms with E-state index in [9.17, 15) is 9.59 Å². The molecule has 0 bridgehead atoms. The van der Waals surface area contributed by atoms with Crippen molar-refractivity contribution in [3.8, 4) is 0 Å². The first-order valence-corrected chi connectivity index (χ1v) is 5.85. The molecule has 5 nitrogen and oxygen atoms in total. The number of aromatic nitrogens is 2. The van der Waals surface area contributed by atoms with Gasteiger partial charge < -0.3 is 5.32 Å². The third-order valence-electron chi connectivity index (χ3n) is 1.94. The number of amides is 1. The lowest BCUT2D eigenvalue weighted by Crippen LogP contribution is -2.35. The Morgan fingerprint density at radius 3 is 2.76 bits per heavy atom. The molecule has 0 fully saturated rings. The maximum Gasteiger partial charge on any atom is 0.287 e. The molecule has 0 spiro atoms. The fourth-order valence-corrected chi connectivity index (χ4v) is 1.34. The Hall–Kier alpha value is -1.07. The second-order valence-corrected chi connectivity index (χ2v) is 4.75. The summed E-state index contributed by atoms with van der Waals surface area (Å²) in [6.07, 6.45) is 1.24. The van der Waals surface area contributed by atoms with Crippen molar-refractivity contribution in [2.24, 2.45) is 5.92 Å². The first-order valence-electron chi connectivity index (χ1n) is 5.09. The number of nitrogens with one attached hydrogen (secondary N) is 1. The quantitative estimate of drug-likeness (QED) is 0.903. The van der Waals surface area contributed by atoms with Crippen molar-refractivity contribution in [3.05, 3.63) is 26.6 Å². The SMILES string of the molecule is CC(C)CNC(=O)Cn1ncc(Cl)c(Cl)c1=O. The third kappa shape index (κ3) is 4.02. The van der Waals surface area contributed by atoms with Gasteiger partial charge in [0, 0.05) is 6.54 Å². The zero-order valence-corrected chi connectivity index (χ0v) is 11.0. The predicted octanol–water partition coefficient (Wildman–Crippen LogP) is 1.32. The van der Waals surface area contributed by atoms with Crippen LogP contribution in [0.3, 0.4) is 0 Å². The molecular formula is C10H13Cl2N3O2. The fourth-order valence-electron chi connectivity index (χ4n) is 1.07. The van der Waals surface area contributed by atoms with Gasteiger partial charge in [0.1, 0.15) is 11.6 Å². The molecular weight excluding hydrogens is 265 g/mol. The second-order valence-electron chi connectivity index (χ2n) is 3.97. The van der Waals surface area contributed by atoms with Crippen LogP contribution in [0.15, 0.2) is 11.0 Å². The van der Waals surface area contributed by atoms with Crippen LogP contribution in [0.25, 0.3) is 0 Å². The van der Waals surface area contributed by atoms with Crippen molar-refractivity contribution in [2.45, 2.75) is 20.4 Å². The molecule has 0 aliphatic carbocycles. The third-order valence-corrected chi connectivity index (χ3v) is 2.69. The Morgan fingerprint density at radius 2 is 2.18 bits per heavy atom. The fraction of sp³-hybridized carbons (Fsp3) is 0.500. The predicted molar refractivity (Wildman–Crippen MR) is 66.4 cm³/mol. The molecule has 1 rings (SSSR count). The van der Waals surface area contributed by atoms with Crippen LogP contribution in [-0.4, -0.2) is 22.2 Å². The Morgan fingerprint density at radius 1 is 1.53 bits per heavy atom. The monoisotopic (exact) mass is 277 g/mol. The first kappa shape index (κ1) is 14.0. The number of halogens is 2. The van der Waals surface area contributed by atoms with Crippen molar-refractivity contribution in [1.82, 2.24) is 15.1 Å². The maximum atomic E-state index is 11.6. The molecule has 0 unspecified atom stereocenters. The van der Waals surface area contributed by atoms with Crippen molar-refractivity contribution in [3.63, 3.8) is 0 Å². The zero-order valence-electron chi connectivity index (χ0n) is 9.54. The Labute approximate surface area is 109 Å². The number of hydrogen-bond acceptors (Lipinski definition) is 3. The van der Waals surface area contributed by atoms with Crippen molar-refractivity contribution in [1.29, 1.82) is 0 Å². The molecule has 0 atom stereocenters. The summed E-state index contributed by atoms with van der Waals surface area (Å²) >= 11 is 11.3. The van der Waals surface area contributed by atoms with E-state index in [0.717, 1.165) is 4.68 Å². The molecule has 17 heavy (non-hydrogen) atoms. The number of carbonyl (C=O) groups excluding carboxylic acids is 1. The molecule has 0 saturated carbocycles. The van der Waals surface area contributed by atoms with E-state index in [2.05, 4.69) is 10.4 Å². The van der Waals surface area contributed by atoms with Crippen molar-refractivity contribution >= 4 is 29.1 Å². The highest BCUT2D eigenvalue weighted by atomic mass is 35.5. The van der Waals surface area contributed by atoms with Gasteiger partial charge >= 0.3 is 0 Å². The van der Waals surface area contributed by atoms with Gasteiger partial charge in [-0.1, -0.05) is 37.0 Å². The Kier molecular flexibility index (Phi) is 4.96. The van der Waals surface area contributed by atoms with E-state index < -0.39 is 5.56 Å². The molecule has 1 aromatic rings. The minimum atomic E-state index is -0.570. The lowest BCUT2D eigenvalue weighted by atomic mass is 10.2. The van der Waals surface area contributed by atoms with Crippen LogP contribution in [0.4, 0.5) is 0 Å². The molecule has 0 aromatic carbocycles. The van der Waals surface area contributed by atoms with Gasteiger partial charge in [-0.3, -0.25) is 9.59 Å². The number of rotatable bonds is 4. The van der Waals surface area contributed by atoms with Crippen LogP contribution < -0.4 is 10.9 Å². The van der Waals surface area contributed by atoms with E-state index in [-0.39, 0.29) is 22.5 Å². The van der Waals surface area contributed by atoms with E-state index in [1.807, 2.05) is 13.8 Å². The molecule has 0 aliphatic heterocycles. The largest absolute Gasteiger partial charge is 0.354 e. The molecule has 7 heteroatoms. The van der Waals surface area contributed by atoms with Gasteiger partial charge in [0.15, 0.2) is 0 Å². The zero-order chi connectivity index (χ0) is 13.0. The van der Waals surface area contributed by atoms with E-state index >= 15 is 0 Å². The van der Waals surface area contributed by atoms with Gasteiger partial charge in [0.25, 0.3) is 5.56 Å². The smallest absolute Gasteiger partial charge is 0.287 e. The van der Waals surface area contributed by atoms with Crippen LogP contribution in [0, 0.1) is 5.92 Å². The van der Waals surface area contributed by atoms with Gasteiger partial charge in [-0.25, -0.2) is 4.68 Å². The average molecular weight is 278 g/mol. The van der Waals surface area contributed by atoms with Crippen molar-refractivity contribution in [2.75, 3.05) is 6.54 Å². The van der Waals surface area contributed by atoms with Crippen LogP contribution in [0.1, 0.15) is 13.8 Å². The van der Waals surface area contributed by atoms with Gasteiger partial charge in [-0.15, -0.1) is 0 Å². The van der Waals surface area contributed by atoms with Gasteiger partial charge in [-0.2, -0.15) is 5.10 Å². The highest BCUT2D eigenvalue weighted by molar-refractivity contribution is 6.41. The van der Waals surface area contributed by atoms with Crippen LogP contribution in [0.5, 0.6) is 0 Å². The van der Waals surface area contributed by atoms with E-state index in [1.54, 1.807) is 0 Å². The summed E-state index contributed by atoms with van der Waals surface area (Å²) in [7, 11) is 0. The van der Waals surface area contributed by atoms with Gasteiger partial charge in [0.2, 0.25) is 5.91 Å². The second kappa shape index (κ2) is 6.02. The van der Waals surface area contributed by atoms with E-state index in [0.29, 0.717) is 12.5 Å². The molecule has 1 amide bonds. The highest BCUT2D eigenvalue weighted by Gasteiger charge is 2.10. The Balaban J connectivity index is 2.73. The molecule has 94 valence electrons. The normalized spacial score (nSPS) is 10.6. The molecule has 0 saturated heterocycles. The summed E-state index contributed by atoms with van der Waals surface area (Å²) in [5, 5.41) is 6.36. The molecule has 0 radical (unpaired) electrons. The lowest BCUT2D eigenvalue weighted by molar-refractivity contribution is -0.122. The number of carbonyl (C=O) groups is 1. The number of hydrogen-bond donors (Lipinski definition) is 1. The molecule has 1 N–H and O–H groups in total. The topological polar surface area (TPSA) is 64.0 Å². The highest BCUT2D eigenvalue weighted by Crippen LogP contribution is 2.14. The summed E-state index contributed by atoms with van der Waals surface area (Å²) in [6.45, 7) is 4.34.